The van der Waals surface area contributed by atoms with E-state index in [1.54, 1.807) is 12.3 Å². The smallest absolute Gasteiger partial charge is 0.191 e. The second-order valence-electron chi connectivity index (χ2n) is 3.41. The fourth-order valence-corrected chi connectivity index (χ4v) is 2.18. The maximum atomic E-state index is 8.91. The topological polar surface area (TPSA) is 114 Å². The summed E-state index contributed by atoms with van der Waals surface area (Å²) in [5, 5.41) is 9.40. The SMILES string of the molecule is N#Cc1ncccc1CSc1nc(N)cc(N)n1. The van der Waals surface area contributed by atoms with Gasteiger partial charge in [0.15, 0.2) is 5.16 Å². The number of thioether (sulfide) groups is 1. The number of nitrogens with zero attached hydrogens (tertiary/aromatic N) is 4. The number of rotatable bonds is 3. The molecule has 0 spiro atoms. The van der Waals surface area contributed by atoms with Crippen molar-refractivity contribution in [3.63, 3.8) is 0 Å². The minimum absolute atomic E-state index is 0.330. The van der Waals surface area contributed by atoms with Gasteiger partial charge in [-0.15, -0.1) is 0 Å². The summed E-state index contributed by atoms with van der Waals surface area (Å²) < 4.78 is 0. The molecule has 0 saturated carbocycles. The Hall–Kier alpha value is -2.33. The first kappa shape index (κ1) is 12.1. The molecule has 4 N–H and O–H groups in total. The average Bonchev–Trinajstić information content (AvgIpc) is 2.35. The Balaban J connectivity index is 2.14. The summed E-state index contributed by atoms with van der Waals surface area (Å²) in [6, 6.07) is 7.16. The van der Waals surface area contributed by atoms with Crippen LogP contribution in [0.1, 0.15) is 11.3 Å². The fraction of sp³-hybridized carbons (Fsp3) is 0.0909. The lowest BCUT2D eigenvalue weighted by Gasteiger charge is -2.03. The van der Waals surface area contributed by atoms with Crippen LogP contribution in [0.25, 0.3) is 0 Å². The molecular weight excluding hydrogens is 248 g/mol. The van der Waals surface area contributed by atoms with Crippen molar-refractivity contribution in [2.45, 2.75) is 10.9 Å². The largest absolute Gasteiger partial charge is 0.383 e. The highest BCUT2D eigenvalue weighted by Crippen LogP contribution is 2.22. The molecule has 0 aliphatic rings. The van der Waals surface area contributed by atoms with Gasteiger partial charge in [-0.2, -0.15) is 5.26 Å². The molecule has 0 aliphatic heterocycles. The van der Waals surface area contributed by atoms with Crippen molar-refractivity contribution in [2.24, 2.45) is 0 Å². The molecule has 90 valence electrons. The van der Waals surface area contributed by atoms with E-state index in [2.05, 4.69) is 15.0 Å². The van der Waals surface area contributed by atoms with E-state index in [1.165, 1.54) is 17.8 Å². The minimum atomic E-state index is 0.330. The van der Waals surface area contributed by atoms with Crippen LogP contribution in [0.15, 0.2) is 29.6 Å². The summed E-state index contributed by atoms with van der Waals surface area (Å²) in [5.74, 6) is 1.20. The van der Waals surface area contributed by atoms with Gasteiger partial charge in [-0.05, 0) is 11.6 Å². The Labute approximate surface area is 108 Å². The molecule has 7 heteroatoms. The van der Waals surface area contributed by atoms with Crippen molar-refractivity contribution < 1.29 is 0 Å². The molecule has 0 aromatic carbocycles. The highest BCUT2D eigenvalue weighted by atomic mass is 32.2. The molecule has 0 bridgehead atoms. The van der Waals surface area contributed by atoms with Crippen LogP contribution in [0, 0.1) is 11.3 Å². The molecule has 6 nitrogen and oxygen atoms in total. The van der Waals surface area contributed by atoms with E-state index in [9.17, 15) is 0 Å². The molecular formula is C11H10N6S. The summed E-state index contributed by atoms with van der Waals surface area (Å²) in [6.07, 6.45) is 1.59. The van der Waals surface area contributed by atoms with Crippen molar-refractivity contribution in [1.29, 1.82) is 5.26 Å². The summed E-state index contributed by atoms with van der Waals surface area (Å²) in [6.45, 7) is 0. The van der Waals surface area contributed by atoms with E-state index < -0.39 is 0 Å². The Bertz CT molecular complexity index is 586. The number of hydrogen-bond donors (Lipinski definition) is 2. The second-order valence-corrected chi connectivity index (χ2v) is 4.35. The van der Waals surface area contributed by atoms with Crippen LogP contribution in [0.5, 0.6) is 0 Å². The Kier molecular flexibility index (Phi) is 3.60. The van der Waals surface area contributed by atoms with Gasteiger partial charge in [0.05, 0.1) is 0 Å². The second kappa shape index (κ2) is 5.33. The van der Waals surface area contributed by atoms with Crippen LogP contribution < -0.4 is 11.5 Å². The predicted molar refractivity (Wildman–Crippen MR) is 69.4 cm³/mol. The zero-order valence-electron chi connectivity index (χ0n) is 9.37. The molecule has 0 saturated heterocycles. The van der Waals surface area contributed by atoms with Crippen LogP contribution in [0.2, 0.25) is 0 Å². The first-order chi connectivity index (χ1) is 8.69. The number of anilines is 2. The Morgan fingerprint density at radius 2 is 2.00 bits per heavy atom. The Morgan fingerprint density at radius 3 is 2.67 bits per heavy atom. The number of pyridine rings is 1. The first-order valence-electron chi connectivity index (χ1n) is 5.06. The van der Waals surface area contributed by atoms with Gasteiger partial charge in [0.1, 0.15) is 23.4 Å². The summed E-state index contributed by atoms with van der Waals surface area (Å²) >= 11 is 1.36. The molecule has 2 heterocycles. The van der Waals surface area contributed by atoms with Crippen LogP contribution in [-0.4, -0.2) is 15.0 Å². The van der Waals surface area contributed by atoms with Crippen molar-refractivity contribution in [3.05, 3.63) is 35.7 Å². The molecule has 0 aliphatic carbocycles. The minimum Gasteiger partial charge on any atom is -0.383 e. The van der Waals surface area contributed by atoms with Crippen LogP contribution in [0.3, 0.4) is 0 Å². The zero-order valence-corrected chi connectivity index (χ0v) is 10.2. The molecule has 2 rings (SSSR count). The van der Waals surface area contributed by atoms with E-state index in [1.807, 2.05) is 12.1 Å². The van der Waals surface area contributed by atoms with Crippen molar-refractivity contribution in [2.75, 3.05) is 11.5 Å². The molecule has 0 radical (unpaired) electrons. The van der Waals surface area contributed by atoms with E-state index >= 15 is 0 Å². The van der Waals surface area contributed by atoms with Gasteiger partial charge in [-0.1, -0.05) is 17.8 Å². The van der Waals surface area contributed by atoms with Crippen molar-refractivity contribution in [1.82, 2.24) is 15.0 Å². The number of nitrogen functional groups attached to an aromatic ring is 2. The lowest BCUT2D eigenvalue weighted by atomic mass is 10.2. The summed E-state index contributed by atoms with van der Waals surface area (Å²) in [7, 11) is 0. The molecule has 0 amide bonds. The maximum Gasteiger partial charge on any atom is 0.191 e. The van der Waals surface area contributed by atoms with Crippen molar-refractivity contribution >= 4 is 23.4 Å². The molecule has 0 fully saturated rings. The van der Waals surface area contributed by atoms with E-state index in [0.29, 0.717) is 28.2 Å². The van der Waals surface area contributed by atoms with Crippen LogP contribution >= 0.6 is 11.8 Å². The van der Waals surface area contributed by atoms with Gasteiger partial charge in [0.25, 0.3) is 0 Å². The quantitative estimate of drug-likeness (QED) is 0.627. The number of nitrogens with two attached hydrogens (primary N) is 2. The number of aromatic nitrogens is 3. The molecule has 0 atom stereocenters. The average molecular weight is 258 g/mol. The van der Waals surface area contributed by atoms with Gasteiger partial charge in [-0.25, -0.2) is 15.0 Å². The summed E-state index contributed by atoms with van der Waals surface area (Å²) in [4.78, 5) is 12.1. The molecule has 0 unspecified atom stereocenters. The molecule has 2 aromatic heterocycles. The van der Waals surface area contributed by atoms with Crippen LogP contribution in [-0.2, 0) is 5.75 Å². The number of nitriles is 1. The normalized spacial score (nSPS) is 9.94. The first-order valence-corrected chi connectivity index (χ1v) is 6.04. The van der Waals surface area contributed by atoms with Gasteiger partial charge in [-0.3, -0.25) is 0 Å². The zero-order chi connectivity index (χ0) is 13.0. The van der Waals surface area contributed by atoms with Gasteiger partial charge in [0.2, 0.25) is 0 Å². The van der Waals surface area contributed by atoms with Gasteiger partial charge in [0, 0.05) is 18.0 Å². The highest BCUT2D eigenvalue weighted by Gasteiger charge is 2.06. The molecule has 2 aromatic rings. The number of hydrogen-bond acceptors (Lipinski definition) is 7. The third-order valence-electron chi connectivity index (χ3n) is 2.10. The standard InChI is InChI=1S/C11H10N6S/c12-5-8-7(2-1-3-15-8)6-18-11-16-9(13)4-10(14)17-11/h1-4H,6H2,(H4,13,14,16,17). The van der Waals surface area contributed by atoms with Gasteiger partial charge < -0.3 is 11.5 Å². The maximum absolute atomic E-state index is 8.91. The van der Waals surface area contributed by atoms with Crippen LogP contribution in [0.4, 0.5) is 11.6 Å². The van der Waals surface area contributed by atoms with E-state index in [0.717, 1.165) is 5.56 Å². The van der Waals surface area contributed by atoms with E-state index in [4.69, 9.17) is 16.7 Å². The van der Waals surface area contributed by atoms with E-state index in [-0.39, 0.29) is 0 Å². The molecule has 18 heavy (non-hydrogen) atoms. The monoisotopic (exact) mass is 258 g/mol. The lowest BCUT2D eigenvalue weighted by Crippen LogP contribution is -1.99. The summed E-state index contributed by atoms with van der Waals surface area (Å²) in [5.41, 5.74) is 12.4. The third-order valence-corrected chi connectivity index (χ3v) is 3.00. The van der Waals surface area contributed by atoms with Crippen molar-refractivity contribution in [3.8, 4) is 6.07 Å². The third kappa shape index (κ3) is 2.87. The lowest BCUT2D eigenvalue weighted by molar-refractivity contribution is 0.983. The predicted octanol–water partition coefficient (Wildman–Crippen LogP) is 1.20. The highest BCUT2D eigenvalue weighted by molar-refractivity contribution is 7.98. The fourth-order valence-electron chi connectivity index (χ4n) is 1.32. The Morgan fingerprint density at radius 1 is 1.28 bits per heavy atom. The van der Waals surface area contributed by atoms with Gasteiger partial charge >= 0.3 is 0 Å².